The second-order valence-corrected chi connectivity index (χ2v) is 8.98. The number of ether oxygens (including phenoxy) is 1. The molecule has 3 aromatic rings. The third kappa shape index (κ3) is 3.46. The summed E-state index contributed by atoms with van der Waals surface area (Å²) < 4.78 is 8.09. The average molecular weight is 425 g/mol. The number of rotatable bonds is 3. The number of hydrogen-bond donors (Lipinski definition) is 1. The molecule has 1 saturated heterocycles. The molecule has 6 heteroatoms. The number of likely N-dealkylation sites (tertiary alicyclic amines) is 1. The summed E-state index contributed by atoms with van der Waals surface area (Å²) in [5.74, 6) is 1.38. The minimum absolute atomic E-state index is 0.0722. The minimum Gasteiger partial charge on any atom is -0.488 e. The summed E-state index contributed by atoms with van der Waals surface area (Å²) in [6.45, 7) is 1.39. The molecular weight excluding hydrogens is 400 g/mol. The van der Waals surface area contributed by atoms with Crippen molar-refractivity contribution >= 4 is 28.4 Å². The molecule has 0 unspecified atom stereocenters. The zero-order chi connectivity index (χ0) is 20.8. The standard InChI is InChI=1S/C24H25ClN2O3/c1-26-9-8-19-20(6-3-7-21(19)26)24(29)27-13-15-10-22(28)23(11-16(15)14-27)30-18-5-2-4-17(25)12-18/h2-9,12,15-16,22-23,28H,10-11,13-14H2,1H3/t15-,16+,22+,23+/m0/s1. The van der Waals surface area contributed by atoms with E-state index < -0.39 is 6.10 Å². The van der Waals surface area contributed by atoms with Crippen LogP contribution in [0.3, 0.4) is 0 Å². The molecule has 2 aliphatic rings. The van der Waals surface area contributed by atoms with Crippen molar-refractivity contribution in [2.45, 2.75) is 25.0 Å². The lowest BCUT2D eigenvalue weighted by Gasteiger charge is -2.35. The van der Waals surface area contributed by atoms with Gasteiger partial charge in [0.2, 0.25) is 0 Å². The third-order valence-electron chi connectivity index (χ3n) is 6.61. The number of aryl methyl sites for hydroxylation is 1. The second-order valence-electron chi connectivity index (χ2n) is 8.55. The van der Waals surface area contributed by atoms with E-state index in [-0.39, 0.29) is 12.0 Å². The number of halogens is 1. The fourth-order valence-corrected chi connectivity index (χ4v) is 5.24. The monoisotopic (exact) mass is 424 g/mol. The Morgan fingerprint density at radius 3 is 2.67 bits per heavy atom. The second kappa shape index (κ2) is 7.64. The fraction of sp³-hybridized carbons (Fsp3) is 0.375. The molecule has 2 fully saturated rings. The van der Waals surface area contributed by atoms with Crippen LogP contribution < -0.4 is 4.74 Å². The highest BCUT2D eigenvalue weighted by atomic mass is 35.5. The van der Waals surface area contributed by atoms with Crippen LogP contribution in [0.4, 0.5) is 0 Å². The third-order valence-corrected chi connectivity index (χ3v) is 6.85. The molecule has 30 heavy (non-hydrogen) atoms. The van der Waals surface area contributed by atoms with Gasteiger partial charge >= 0.3 is 0 Å². The Labute approximate surface area is 180 Å². The Hall–Kier alpha value is -2.50. The predicted octanol–water partition coefficient (Wildman–Crippen LogP) is 4.12. The van der Waals surface area contributed by atoms with Gasteiger partial charge in [0, 0.05) is 47.8 Å². The van der Waals surface area contributed by atoms with Gasteiger partial charge in [0.1, 0.15) is 11.9 Å². The van der Waals surface area contributed by atoms with E-state index in [9.17, 15) is 9.90 Å². The first-order valence-electron chi connectivity index (χ1n) is 10.4. The Bertz CT molecular complexity index is 1090. The van der Waals surface area contributed by atoms with E-state index in [1.807, 2.05) is 59.1 Å². The zero-order valence-corrected chi connectivity index (χ0v) is 17.6. The quantitative estimate of drug-likeness (QED) is 0.688. The summed E-state index contributed by atoms with van der Waals surface area (Å²) in [4.78, 5) is 15.3. The van der Waals surface area contributed by atoms with Crippen LogP contribution in [0.2, 0.25) is 5.02 Å². The van der Waals surface area contributed by atoms with Gasteiger partial charge < -0.3 is 19.3 Å². The van der Waals surface area contributed by atoms with Gasteiger partial charge in [0.15, 0.2) is 0 Å². The normalized spacial score (nSPS) is 26.0. The molecule has 1 N–H and O–H groups in total. The van der Waals surface area contributed by atoms with Crippen molar-refractivity contribution in [2.75, 3.05) is 13.1 Å². The minimum atomic E-state index is -0.544. The van der Waals surface area contributed by atoms with Gasteiger partial charge in [-0.25, -0.2) is 0 Å². The molecule has 1 amide bonds. The highest BCUT2D eigenvalue weighted by molar-refractivity contribution is 6.30. The van der Waals surface area contributed by atoms with Crippen molar-refractivity contribution < 1.29 is 14.6 Å². The first-order valence-corrected chi connectivity index (χ1v) is 10.8. The molecule has 1 aromatic heterocycles. The number of carbonyl (C=O) groups excluding carboxylic acids is 1. The molecule has 0 bridgehead atoms. The summed E-state index contributed by atoms with van der Waals surface area (Å²) >= 11 is 6.06. The molecule has 1 saturated carbocycles. The van der Waals surface area contributed by atoms with Crippen molar-refractivity contribution in [1.29, 1.82) is 0 Å². The Balaban J connectivity index is 1.31. The van der Waals surface area contributed by atoms with Crippen molar-refractivity contribution in [3.63, 3.8) is 0 Å². The van der Waals surface area contributed by atoms with Gasteiger partial charge in [-0.15, -0.1) is 0 Å². The molecule has 1 aliphatic heterocycles. The SMILES string of the molecule is Cn1ccc2c(C(=O)N3C[C@H]4C[C@@H](Oc5cccc(Cl)c5)[C@H](O)C[C@H]4C3)cccc21. The van der Waals surface area contributed by atoms with E-state index in [1.165, 1.54) is 0 Å². The van der Waals surface area contributed by atoms with Crippen molar-refractivity contribution in [1.82, 2.24) is 9.47 Å². The molecule has 0 spiro atoms. The van der Waals surface area contributed by atoms with Crippen molar-refractivity contribution in [3.05, 3.63) is 65.3 Å². The van der Waals surface area contributed by atoms with Gasteiger partial charge in [0.25, 0.3) is 5.91 Å². The molecule has 0 radical (unpaired) electrons. The number of hydrogen-bond acceptors (Lipinski definition) is 3. The molecule has 5 rings (SSSR count). The van der Waals surface area contributed by atoms with Crippen LogP contribution in [-0.4, -0.2) is 45.8 Å². The lowest BCUT2D eigenvalue weighted by Crippen LogP contribution is -2.42. The van der Waals surface area contributed by atoms with Crippen LogP contribution in [-0.2, 0) is 7.05 Å². The molecule has 156 valence electrons. The largest absolute Gasteiger partial charge is 0.488 e. The topological polar surface area (TPSA) is 54.7 Å². The van der Waals surface area contributed by atoms with Crippen LogP contribution >= 0.6 is 11.6 Å². The molecule has 2 aromatic carbocycles. The number of carbonyl (C=O) groups is 1. The van der Waals surface area contributed by atoms with Crippen LogP contribution in [0.25, 0.3) is 10.9 Å². The van der Waals surface area contributed by atoms with Crippen LogP contribution in [0.5, 0.6) is 5.75 Å². The van der Waals surface area contributed by atoms with E-state index in [4.69, 9.17) is 16.3 Å². The average Bonchev–Trinajstić information content (AvgIpc) is 3.31. The summed E-state index contributed by atoms with van der Waals surface area (Å²) in [6, 6.07) is 15.2. The van der Waals surface area contributed by atoms with E-state index in [2.05, 4.69) is 0 Å². The van der Waals surface area contributed by atoms with E-state index in [0.717, 1.165) is 22.9 Å². The van der Waals surface area contributed by atoms with Gasteiger partial charge in [-0.05, 0) is 61.1 Å². The van der Waals surface area contributed by atoms with Gasteiger partial charge in [-0.1, -0.05) is 23.7 Å². The Morgan fingerprint density at radius 2 is 1.87 bits per heavy atom. The van der Waals surface area contributed by atoms with Gasteiger partial charge in [-0.2, -0.15) is 0 Å². The maximum absolute atomic E-state index is 13.3. The summed E-state index contributed by atoms with van der Waals surface area (Å²) in [7, 11) is 1.99. The van der Waals surface area contributed by atoms with Crippen LogP contribution in [0.15, 0.2) is 54.7 Å². The first kappa shape index (κ1) is 19.5. The lowest BCUT2D eigenvalue weighted by atomic mass is 9.78. The maximum atomic E-state index is 13.3. The van der Waals surface area contributed by atoms with E-state index in [1.54, 1.807) is 12.1 Å². The van der Waals surface area contributed by atoms with Crippen molar-refractivity contribution in [2.24, 2.45) is 18.9 Å². The smallest absolute Gasteiger partial charge is 0.254 e. The van der Waals surface area contributed by atoms with Crippen LogP contribution in [0.1, 0.15) is 23.2 Å². The van der Waals surface area contributed by atoms with E-state index in [0.29, 0.717) is 42.1 Å². The molecule has 1 aliphatic carbocycles. The molecular formula is C24H25ClN2O3. The van der Waals surface area contributed by atoms with Gasteiger partial charge in [-0.3, -0.25) is 4.79 Å². The van der Waals surface area contributed by atoms with Crippen molar-refractivity contribution in [3.8, 4) is 5.75 Å². The molecule has 4 atom stereocenters. The number of aromatic nitrogens is 1. The summed E-state index contributed by atoms with van der Waals surface area (Å²) in [6.07, 6.45) is 2.54. The highest BCUT2D eigenvalue weighted by Crippen LogP contribution is 2.39. The molecule has 5 nitrogen and oxygen atoms in total. The van der Waals surface area contributed by atoms with E-state index >= 15 is 0 Å². The van der Waals surface area contributed by atoms with Crippen LogP contribution in [0, 0.1) is 11.8 Å². The van der Waals surface area contributed by atoms with Gasteiger partial charge in [0.05, 0.1) is 6.10 Å². The predicted molar refractivity (Wildman–Crippen MR) is 117 cm³/mol. The molecule has 2 heterocycles. The fourth-order valence-electron chi connectivity index (χ4n) is 5.06. The number of amides is 1. The Morgan fingerprint density at radius 1 is 1.10 bits per heavy atom. The lowest BCUT2D eigenvalue weighted by molar-refractivity contribution is -0.0231. The highest BCUT2D eigenvalue weighted by Gasteiger charge is 2.44. The Kier molecular flexibility index (Phi) is 4.95. The number of fused-ring (bicyclic) bond motifs is 2. The number of aliphatic hydroxyl groups excluding tert-OH is 1. The number of nitrogens with zero attached hydrogens (tertiary/aromatic N) is 2. The first-order chi connectivity index (χ1) is 14.5. The zero-order valence-electron chi connectivity index (χ0n) is 16.9. The number of benzene rings is 2. The summed E-state index contributed by atoms with van der Waals surface area (Å²) in [5.41, 5.74) is 1.81. The maximum Gasteiger partial charge on any atom is 0.254 e. The summed E-state index contributed by atoms with van der Waals surface area (Å²) in [5, 5.41) is 12.3. The number of aliphatic hydroxyl groups is 1.